The average Bonchev–Trinajstić information content (AvgIpc) is 1.85. The van der Waals surface area contributed by atoms with Crippen molar-refractivity contribution in [2.45, 2.75) is 45.2 Å². The Morgan fingerprint density at radius 2 is 2.00 bits per heavy atom. The molecule has 0 aromatic heterocycles. The minimum atomic E-state index is -1.02. The van der Waals surface area contributed by atoms with Crippen molar-refractivity contribution in [2.75, 3.05) is 0 Å². The Kier molecular flexibility index (Phi) is 11.8. The average molecular weight is 184 g/mol. The van der Waals surface area contributed by atoms with E-state index < -0.39 is 12.1 Å². The van der Waals surface area contributed by atoms with Gasteiger partial charge in [0.2, 0.25) is 0 Å². The zero-order valence-corrected chi connectivity index (χ0v) is 9.81. The van der Waals surface area contributed by atoms with Crippen LogP contribution in [-0.4, -0.2) is 12.1 Å². The van der Waals surface area contributed by atoms with Gasteiger partial charge >= 0.3 is 29.6 Å². The third kappa shape index (κ3) is 13.0. The molecule has 0 aliphatic carbocycles. The maximum atomic E-state index is 12.2. The molecule has 0 N–H and O–H groups in total. The zero-order chi connectivity index (χ0) is 8.69. The molecule has 0 radical (unpaired) electrons. The molecule has 66 valence electrons. The molecule has 0 bridgehead atoms. The summed E-state index contributed by atoms with van der Waals surface area (Å²) < 4.78 is 12.2. The summed E-state index contributed by atoms with van der Waals surface area (Å²) in [6.07, 6.45) is 2.02. The van der Waals surface area contributed by atoms with Crippen LogP contribution in [-0.2, 0) is 4.79 Å². The van der Waals surface area contributed by atoms with Gasteiger partial charge in [0.15, 0.2) is 0 Å². The quantitative estimate of drug-likeness (QED) is 0.355. The van der Waals surface area contributed by atoms with Crippen molar-refractivity contribution in [3.05, 3.63) is 0 Å². The summed E-state index contributed by atoms with van der Waals surface area (Å²) in [5.74, 6) is -1.02. The van der Waals surface area contributed by atoms with Gasteiger partial charge in [-0.1, -0.05) is 12.8 Å². The molecule has 1 unspecified atom stereocenters. The predicted octanol–water partition coefficient (Wildman–Crippen LogP) is -1.95. The first-order valence-electron chi connectivity index (χ1n) is 3.97. The van der Waals surface area contributed by atoms with Crippen LogP contribution in [0.2, 0.25) is 0 Å². The van der Waals surface area contributed by atoms with E-state index in [1.54, 1.807) is 0 Å². The van der Waals surface area contributed by atoms with Gasteiger partial charge < -0.3 is 9.90 Å². The van der Waals surface area contributed by atoms with Gasteiger partial charge in [0, 0.05) is 5.97 Å². The summed E-state index contributed by atoms with van der Waals surface area (Å²) >= 11 is 0. The summed E-state index contributed by atoms with van der Waals surface area (Å²) in [5, 5.41) is 9.91. The van der Waals surface area contributed by atoms with Crippen LogP contribution < -0.4 is 34.7 Å². The number of carboxylic acids is 1. The van der Waals surface area contributed by atoms with E-state index in [-0.39, 0.29) is 36.0 Å². The molecule has 0 amide bonds. The molecular formula is C8H14FNaO2. The fourth-order valence-corrected chi connectivity index (χ4v) is 0.872. The summed E-state index contributed by atoms with van der Waals surface area (Å²) in [7, 11) is 0. The third-order valence-corrected chi connectivity index (χ3v) is 1.48. The number of hydrogen-bond acceptors (Lipinski definition) is 2. The van der Waals surface area contributed by atoms with Crippen molar-refractivity contribution >= 4 is 5.97 Å². The number of alkyl halides is 1. The number of unbranched alkanes of at least 4 members (excludes halogenated alkanes) is 2. The van der Waals surface area contributed by atoms with Gasteiger partial charge in [-0.2, -0.15) is 0 Å². The van der Waals surface area contributed by atoms with Crippen molar-refractivity contribution < 1.29 is 43.8 Å². The second-order valence-corrected chi connectivity index (χ2v) is 2.75. The molecule has 4 heteroatoms. The standard InChI is InChI=1S/C8H15FO2.Na/c1-7(9)5-3-2-4-6-8(10)11;/h7H,2-6H2,1H3,(H,10,11);/q;+1/p-1. The second kappa shape index (κ2) is 9.49. The van der Waals surface area contributed by atoms with Gasteiger partial charge in [-0.3, -0.25) is 0 Å². The Morgan fingerprint density at radius 3 is 2.42 bits per heavy atom. The van der Waals surface area contributed by atoms with Gasteiger partial charge in [-0.15, -0.1) is 0 Å². The largest absolute Gasteiger partial charge is 1.00 e. The van der Waals surface area contributed by atoms with Crippen molar-refractivity contribution in [1.29, 1.82) is 0 Å². The van der Waals surface area contributed by atoms with E-state index in [4.69, 9.17) is 0 Å². The van der Waals surface area contributed by atoms with E-state index in [9.17, 15) is 14.3 Å². The number of halogens is 1. The monoisotopic (exact) mass is 184 g/mol. The fourth-order valence-electron chi connectivity index (χ4n) is 0.872. The fraction of sp³-hybridized carbons (Fsp3) is 0.875. The predicted molar refractivity (Wildman–Crippen MR) is 38.7 cm³/mol. The van der Waals surface area contributed by atoms with Crippen LogP contribution in [0.25, 0.3) is 0 Å². The Hall–Kier alpha value is 0.400. The Morgan fingerprint density at radius 1 is 1.42 bits per heavy atom. The number of hydrogen-bond donors (Lipinski definition) is 0. The number of rotatable bonds is 6. The van der Waals surface area contributed by atoms with Crippen molar-refractivity contribution in [3.8, 4) is 0 Å². The van der Waals surface area contributed by atoms with Gasteiger partial charge in [-0.25, -0.2) is 4.39 Å². The molecule has 0 rings (SSSR count). The molecule has 1 atom stereocenters. The first-order chi connectivity index (χ1) is 5.13. The number of carbonyl (C=O) groups excluding carboxylic acids is 1. The molecule has 0 aliphatic heterocycles. The van der Waals surface area contributed by atoms with Crippen molar-refractivity contribution in [2.24, 2.45) is 0 Å². The Bertz CT molecular complexity index is 118. The van der Waals surface area contributed by atoms with Crippen LogP contribution in [0.5, 0.6) is 0 Å². The minimum absolute atomic E-state index is 0. The topological polar surface area (TPSA) is 40.1 Å². The van der Waals surface area contributed by atoms with E-state index in [1.165, 1.54) is 6.92 Å². The SMILES string of the molecule is CC(F)CCCCCC(=O)[O-].[Na+]. The molecular weight excluding hydrogens is 170 g/mol. The van der Waals surface area contributed by atoms with Crippen LogP contribution in [0.3, 0.4) is 0 Å². The van der Waals surface area contributed by atoms with Gasteiger partial charge in [-0.05, 0) is 26.2 Å². The van der Waals surface area contributed by atoms with Crippen LogP contribution in [0.15, 0.2) is 0 Å². The molecule has 0 saturated carbocycles. The van der Waals surface area contributed by atoms with Gasteiger partial charge in [0.05, 0.1) is 6.17 Å². The molecule has 0 spiro atoms. The second-order valence-electron chi connectivity index (χ2n) is 2.75. The van der Waals surface area contributed by atoms with Crippen molar-refractivity contribution in [1.82, 2.24) is 0 Å². The Labute approximate surface area is 94.8 Å². The summed E-state index contributed by atoms with van der Waals surface area (Å²) in [4.78, 5) is 9.91. The molecule has 2 nitrogen and oxygen atoms in total. The number of aliphatic carboxylic acids is 1. The van der Waals surface area contributed by atoms with E-state index in [0.717, 1.165) is 12.8 Å². The summed E-state index contributed by atoms with van der Waals surface area (Å²) in [5.41, 5.74) is 0. The third-order valence-electron chi connectivity index (χ3n) is 1.48. The van der Waals surface area contributed by atoms with Crippen LogP contribution in [0.4, 0.5) is 4.39 Å². The molecule has 12 heavy (non-hydrogen) atoms. The first kappa shape index (κ1) is 14.9. The van der Waals surface area contributed by atoms with Crippen molar-refractivity contribution in [3.63, 3.8) is 0 Å². The van der Waals surface area contributed by atoms with Gasteiger partial charge in [0.25, 0.3) is 0 Å². The van der Waals surface area contributed by atoms with Crippen LogP contribution >= 0.6 is 0 Å². The smallest absolute Gasteiger partial charge is 0.550 e. The van der Waals surface area contributed by atoms with Gasteiger partial charge in [0.1, 0.15) is 0 Å². The number of carbonyl (C=O) groups is 1. The van der Waals surface area contributed by atoms with Crippen LogP contribution in [0, 0.1) is 0 Å². The van der Waals surface area contributed by atoms with Crippen LogP contribution in [0.1, 0.15) is 39.0 Å². The van der Waals surface area contributed by atoms with E-state index >= 15 is 0 Å². The molecule has 0 aromatic carbocycles. The minimum Gasteiger partial charge on any atom is -0.550 e. The zero-order valence-electron chi connectivity index (χ0n) is 7.81. The van der Waals surface area contributed by atoms with E-state index in [1.807, 2.05) is 0 Å². The molecule has 0 heterocycles. The molecule has 0 saturated heterocycles. The van der Waals surface area contributed by atoms with E-state index in [0.29, 0.717) is 12.8 Å². The molecule has 0 fully saturated rings. The maximum absolute atomic E-state index is 12.2. The number of carboxylic acid groups (broad SMARTS) is 1. The maximum Gasteiger partial charge on any atom is 1.00 e. The summed E-state index contributed by atoms with van der Waals surface area (Å²) in [6.45, 7) is 1.51. The molecule has 0 aromatic rings. The summed E-state index contributed by atoms with van der Waals surface area (Å²) in [6, 6.07) is 0. The Balaban J connectivity index is 0. The normalized spacial score (nSPS) is 11.8. The van der Waals surface area contributed by atoms with E-state index in [2.05, 4.69) is 0 Å². The first-order valence-corrected chi connectivity index (χ1v) is 3.97. The molecule has 0 aliphatic rings.